The number of hydrogen-bond acceptors (Lipinski definition) is 12. The van der Waals surface area contributed by atoms with E-state index in [0.717, 1.165) is 0 Å². The number of carbonyl (C=O) groups excluding carboxylic acids is 1. The lowest BCUT2D eigenvalue weighted by Gasteiger charge is -2.22. The fraction of sp³-hybridized carbons (Fsp3) is 0.195. The van der Waals surface area contributed by atoms with Crippen molar-refractivity contribution in [1.29, 1.82) is 0 Å². The molecule has 0 unspecified atom stereocenters. The molecule has 0 atom stereocenters. The molecular formula is C41H39N3O14S3. The van der Waals surface area contributed by atoms with Gasteiger partial charge in [-0.25, -0.2) is 0 Å². The van der Waals surface area contributed by atoms with E-state index in [9.17, 15) is 53.6 Å². The molecule has 0 fully saturated rings. The van der Waals surface area contributed by atoms with Crippen molar-refractivity contribution in [2.45, 2.75) is 40.4 Å². The van der Waals surface area contributed by atoms with Crippen molar-refractivity contribution >= 4 is 58.9 Å². The highest BCUT2D eigenvalue weighted by Gasteiger charge is 2.27. The average molecular weight is 894 g/mol. The van der Waals surface area contributed by atoms with Crippen LogP contribution >= 0.6 is 0 Å². The van der Waals surface area contributed by atoms with E-state index in [4.69, 9.17) is 9.52 Å². The number of nitrogens with zero attached hydrogens (tertiary/aromatic N) is 2. The maximum absolute atomic E-state index is 14.0. The maximum Gasteiger partial charge on any atom is 0.303 e. The molecule has 1 amide bonds. The number of anilines is 1. The molecule has 61 heavy (non-hydrogen) atoms. The fourth-order valence-electron chi connectivity index (χ4n) is 6.67. The predicted octanol–water partition coefficient (Wildman–Crippen LogP) is 5.39. The maximum atomic E-state index is 14.0. The SMILES string of the molecule is CN(CCCC(=O)O)C(=O)c1ccccc1-c1c2cc(O)/c(=N/CCc3ccc(S(=O)(=O)O)cc3)cc-2oc2cc(NCCc3ccc(S(=O)(=O)O)cc3)c(S(=O)(=O)O)cc12. The van der Waals surface area contributed by atoms with E-state index in [2.05, 4.69) is 10.3 Å². The number of carboxylic acids is 1. The van der Waals surface area contributed by atoms with Crippen molar-refractivity contribution in [2.75, 3.05) is 32.0 Å². The first-order valence-electron chi connectivity index (χ1n) is 18.4. The monoisotopic (exact) mass is 893 g/mol. The van der Waals surface area contributed by atoms with Crippen LogP contribution in [0.4, 0.5) is 5.69 Å². The van der Waals surface area contributed by atoms with Crippen LogP contribution in [0.5, 0.6) is 5.75 Å². The van der Waals surface area contributed by atoms with E-state index in [1.54, 1.807) is 24.3 Å². The normalized spacial score (nSPS) is 12.5. The molecule has 0 saturated carbocycles. The number of rotatable bonds is 16. The van der Waals surface area contributed by atoms with Crippen LogP contribution in [-0.4, -0.2) is 92.6 Å². The van der Waals surface area contributed by atoms with E-state index in [1.165, 1.54) is 84.7 Å². The summed E-state index contributed by atoms with van der Waals surface area (Å²) in [6, 6.07) is 22.7. The number of carboxylic acid groups (broad SMARTS) is 1. The molecule has 20 heteroatoms. The largest absolute Gasteiger partial charge is 0.506 e. The molecule has 17 nitrogen and oxygen atoms in total. The van der Waals surface area contributed by atoms with Gasteiger partial charge in [-0.05, 0) is 78.4 Å². The second kappa shape index (κ2) is 17.8. The predicted molar refractivity (Wildman–Crippen MR) is 222 cm³/mol. The number of carbonyl (C=O) groups is 2. The van der Waals surface area contributed by atoms with Gasteiger partial charge < -0.3 is 24.8 Å². The summed E-state index contributed by atoms with van der Waals surface area (Å²) in [5.74, 6) is -1.66. The van der Waals surface area contributed by atoms with Crippen molar-refractivity contribution in [1.82, 2.24) is 4.90 Å². The first-order valence-corrected chi connectivity index (χ1v) is 22.7. The Hall–Kier alpha value is -6.16. The highest BCUT2D eigenvalue weighted by molar-refractivity contribution is 7.86. The third-order valence-corrected chi connectivity index (χ3v) is 12.3. The van der Waals surface area contributed by atoms with E-state index in [1.807, 2.05) is 0 Å². The van der Waals surface area contributed by atoms with Gasteiger partial charge in [0, 0.05) is 67.3 Å². The van der Waals surface area contributed by atoms with Gasteiger partial charge in [0.1, 0.15) is 27.3 Å². The molecule has 0 radical (unpaired) electrons. The Morgan fingerprint density at radius 3 is 1.95 bits per heavy atom. The molecule has 1 aliphatic heterocycles. The van der Waals surface area contributed by atoms with Gasteiger partial charge in [0.05, 0.1) is 15.5 Å². The number of fused-ring (bicyclic) bond motifs is 2. The molecule has 0 saturated heterocycles. The van der Waals surface area contributed by atoms with E-state index >= 15 is 0 Å². The number of amides is 1. The third kappa shape index (κ3) is 10.6. The minimum Gasteiger partial charge on any atom is -0.506 e. The van der Waals surface area contributed by atoms with Crippen molar-refractivity contribution in [3.05, 3.63) is 119 Å². The first kappa shape index (κ1) is 44.4. The van der Waals surface area contributed by atoms with Gasteiger partial charge in [-0.3, -0.25) is 28.2 Å². The van der Waals surface area contributed by atoms with Crippen molar-refractivity contribution in [2.24, 2.45) is 4.99 Å². The summed E-state index contributed by atoms with van der Waals surface area (Å²) >= 11 is 0. The van der Waals surface area contributed by atoms with Gasteiger partial charge in [-0.15, -0.1) is 0 Å². The van der Waals surface area contributed by atoms with Gasteiger partial charge in [-0.1, -0.05) is 42.5 Å². The molecule has 0 aromatic heterocycles. The Morgan fingerprint density at radius 2 is 1.36 bits per heavy atom. The Balaban J connectivity index is 1.48. The Bertz CT molecular complexity index is 3020. The van der Waals surface area contributed by atoms with Gasteiger partial charge in [0.15, 0.2) is 0 Å². The highest BCUT2D eigenvalue weighted by Crippen LogP contribution is 2.44. The van der Waals surface area contributed by atoms with Crippen LogP contribution < -0.4 is 10.7 Å². The van der Waals surface area contributed by atoms with Crippen LogP contribution in [0.1, 0.15) is 34.3 Å². The number of phenols is 1. The Morgan fingerprint density at radius 1 is 0.754 bits per heavy atom. The van der Waals surface area contributed by atoms with Crippen LogP contribution in [-0.2, 0) is 48.0 Å². The van der Waals surface area contributed by atoms with Gasteiger partial charge in [0.2, 0.25) is 0 Å². The molecule has 6 rings (SSSR count). The summed E-state index contributed by atoms with van der Waals surface area (Å²) in [5.41, 5.74) is 2.26. The van der Waals surface area contributed by atoms with E-state index in [0.29, 0.717) is 17.5 Å². The Labute approximate surface area is 350 Å². The minimum atomic E-state index is -4.94. The topological polar surface area (TPSA) is 278 Å². The molecule has 0 bridgehead atoms. The molecule has 4 aromatic carbocycles. The molecular weight excluding hydrogens is 855 g/mol. The molecule has 1 heterocycles. The molecule has 2 aliphatic rings. The van der Waals surface area contributed by atoms with Crippen molar-refractivity contribution in [3.63, 3.8) is 0 Å². The minimum absolute atomic E-state index is 0.0650. The number of phenolic OH excluding ortho intramolecular Hbond substituents is 1. The number of aromatic hydroxyl groups is 1. The standard InChI is InChI=1S/C41H39N3O14S3/c1-44(20-4-7-39(46)47)41(48)30-6-3-2-5-29(30)40-31-21-35(45)33(42-18-16-25-8-12-27(13-9-25)59(49,50)51)23-36(31)58-37-24-34(38(22-32(37)40)61(55,56)57)43-19-17-26-10-14-28(15-11-26)60(52,53)54/h2-3,5-6,8-15,21-24,43,45H,4,7,16-20H2,1H3,(H,46,47)(H,49,50,51)(H,52,53,54)(H,55,56,57)/b42-33+. The lowest BCUT2D eigenvalue weighted by Crippen LogP contribution is -2.28. The first-order chi connectivity index (χ1) is 28.7. The van der Waals surface area contributed by atoms with Crippen LogP contribution in [0, 0.1) is 0 Å². The Kier molecular flexibility index (Phi) is 13.0. The second-order valence-electron chi connectivity index (χ2n) is 13.9. The summed E-state index contributed by atoms with van der Waals surface area (Å²) in [4.78, 5) is 29.9. The second-order valence-corrected chi connectivity index (χ2v) is 18.2. The van der Waals surface area contributed by atoms with Gasteiger partial charge in [0.25, 0.3) is 36.3 Å². The van der Waals surface area contributed by atoms with Gasteiger partial charge >= 0.3 is 5.97 Å². The van der Waals surface area contributed by atoms with Crippen LogP contribution in [0.3, 0.4) is 0 Å². The summed E-state index contributed by atoms with van der Waals surface area (Å²) in [6.45, 7) is 0.315. The molecule has 0 spiro atoms. The van der Waals surface area contributed by atoms with Crippen molar-refractivity contribution in [3.8, 4) is 28.2 Å². The summed E-state index contributed by atoms with van der Waals surface area (Å²) in [7, 11) is -12.2. The number of benzene rings is 5. The zero-order valence-corrected chi connectivity index (χ0v) is 34.7. The summed E-state index contributed by atoms with van der Waals surface area (Å²) < 4.78 is 107. The lowest BCUT2D eigenvalue weighted by atomic mass is 9.90. The lowest BCUT2D eigenvalue weighted by molar-refractivity contribution is -0.137. The highest BCUT2D eigenvalue weighted by atomic mass is 32.2. The zero-order chi connectivity index (χ0) is 44.3. The smallest absolute Gasteiger partial charge is 0.303 e. The summed E-state index contributed by atoms with van der Waals surface area (Å²) in [6.07, 6.45) is 0.572. The van der Waals surface area contributed by atoms with Gasteiger partial charge in [-0.2, -0.15) is 25.3 Å². The third-order valence-electron chi connectivity index (χ3n) is 9.71. The van der Waals surface area contributed by atoms with E-state index in [-0.39, 0.29) is 104 Å². The molecule has 1 aliphatic carbocycles. The quantitative estimate of drug-likeness (QED) is 0.0525. The van der Waals surface area contributed by atoms with E-state index < -0.39 is 47.1 Å². The molecule has 4 aromatic rings. The van der Waals surface area contributed by atoms with Crippen LogP contribution in [0.2, 0.25) is 0 Å². The fourth-order valence-corrected chi connectivity index (χ4v) is 8.31. The summed E-state index contributed by atoms with van der Waals surface area (Å²) in [5, 5.41) is 23.7. The van der Waals surface area contributed by atoms with Crippen LogP contribution in [0.15, 0.2) is 121 Å². The van der Waals surface area contributed by atoms with Crippen molar-refractivity contribution < 1.29 is 63.1 Å². The zero-order valence-electron chi connectivity index (χ0n) is 32.2. The number of hydrogen-bond donors (Lipinski definition) is 6. The molecule has 320 valence electrons. The van der Waals surface area contributed by atoms with Crippen LogP contribution in [0.25, 0.3) is 33.4 Å². The molecule has 6 N–H and O–H groups in total. The number of nitrogens with one attached hydrogen (secondary N) is 1. The average Bonchev–Trinajstić information content (AvgIpc) is 3.19. The number of aliphatic carboxylic acids is 1.